The zero-order valence-electron chi connectivity index (χ0n) is 16.2. The van der Waals surface area contributed by atoms with Gasteiger partial charge < -0.3 is 4.98 Å². The minimum atomic E-state index is -0.218. The summed E-state index contributed by atoms with van der Waals surface area (Å²) in [6.45, 7) is 0. The highest BCUT2D eigenvalue weighted by Crippen LogP contribution is 2.40. The number of benzene rings is 1. The Labute approximate surface area is 176 Å². The van der Waals surface area contributed by atoms with E-state index in [2.05, 4.69) is 10.4 Å². The number of carbonyl (C=O) groups excluding carboxylic acids is 2. The van der Waals surface area contributed by atoms with Crippen LogP contribution in [0.25, 0.3) is 32.5 Å². The molecule has 1 aliphatic heterocycles. The first-order chi connectivity index (χ1) is 14.7. The van der Waals surface area contributed by atoms with Crippen LogP contribution >= 0.6 is 11.3 Å². The lowest BCUT2D eigenvalue weighted by atomic mass is 9.97. The van der Waals surface area contributed by atoms with Crippen molar-refractivity contribution in [3.8, 4) is 11.4 Å². The van der Waals surface area contributed by atoms with Gasteiger partial charge in [0.15, 0.2) is 11.6 Å². The molecule has 2 amide bonds. The molecule has 4 heterocycles. The van der Waals surface area contributed by atoms with E-state index >= 15 is 0 Å². The second-order valence-electron chi connectivity index (χ2n) is 7.77. The van der Waals surface area contributed by atoms with E-state index in [0.717, 1.165) is 51.0 Å². The van der Waals surface area contributed by atoms with Gasteiger partial charge in [-0.25, -0.2) is 9.97 Å². The van der Waals surface area contributed by atoms with Gasteiger partial charge in [0.25, 0.3) is 0 Å². The fourth-order valence-electron chi connectivity index (χ4n) is 4.42. The summed E-state index contributed by atoms with van der Waals surface area (Å²) in [6, 6.07) is 8.02. The van der Waals surface area contributed by atoms with Crippen molar-refractivity contribution >= 4 is 50.1 Å². The van der Waals surface area contributed by atoms with Crippen molar-refractivity contribution in [2.24, 2.45) is 0 Å². The molecule has 0 saturated carbocycles. The molecule has 3 aromatic heterocycles. The molecule has 1 aromatic carbocycles. The first-order valence-corrected chi connectivity index (χ1v) is 11.0. The largest absolute Gasteiger partial charge is 0.360 e. The number of thiophene rings is 1. The van der Waals surface area contributed by atoms with E-state index < -0.39 is 0 Å². The molecule has 0 radical (unpaired) electrons. The summed E-state index contributed by atoms with van der Waals surface area (Å²) in [5.41, 5.74) is 6.23. The molecule has 1 saturated heterocycles. The number of para-hydroxylation sites is 1. The number of aromatic amines is 1. The van der Waals surface area contributed by atoms with Crippen LogP contribution in [0.15, 0.2) is 30.5 Å². The fraction of sp³-hybridized carbons (Fsp3) is 0.273. The van der Waals surface area contributed by atoms with Gasteiger partial charge in [-0.05, 0) is 37.3 Å². The maximum absolute atomic E-state index is 12.2. The van der Waals surface area contributed by atoms with Crippen molar-refractivity contribution in [1.82, 2.24) is 20.0 Å². The van der Waals surface area contributed by atoms with Gasteiger partial charge in [-0.2, -0.15) is 5.01 Å². The molecule has 150 valence electrons. The van der Waals surface area contributed by atoms with Crippen LogP contribution in [0.3, 0.4) is 0 Å². The van der Waals surface area contributed by atoms with E-state index in [1.807, 2.05) is 30.5 Å². The summed E-state index contributed by atoms with van der Waals surface area (Å²) >= 11 is 1.70. The van der Waals surface area contributed by atoms with Crippen molar-refractivity contribution in [2.45, 2.75) is 38.5 Å². The number of carbonyl (C=O) groups is 2. The van der Waals surface area contributed by atoms with E-state index in [0.29, 0.717) is 11.6 Å². The van der Waals surface area contributed by atoms with E-state index in [1.165, 1.54) is 16.9 Å². The Morgan fingerprint density at radius 3 is 2.67 bits per heavy atom. The predicted molar refractivity (Wildman–Crippen MR) is 116 cm³/mol. The average Bonchev–Trinajstić information content (AvgIpc) is 3.44. The van der Waals surface area contributed by atoms with E-state index in [-0.39, 0.29) is 24.7 Å². The number of aryl methyl sites for hydroxylation is 2. The van der Waals surface area contributed by atoms with Gasteiger partial charge >= 0.3 is 0 Å². The normalized spacial score (nSPS) is 16.6. The molecular formula is C22H19N5O2S. The Morgan fingerprint density at radius 1 is 1.00 bits per heavy atom. The third-order valence-electron chi connectivity index (χ3n) is 5.91. The van der Waals surface area contributed by atoms with Crippen LogP contribution in [0.5, 0.6) is 0 Å². The van der Waals surface area contributed by atoms with Gasteiger partial charge in [0.2, 0.25) is 11.8 Å². The number of H-pyrrole nitrogens is 1. The molecule has 6 rings (SSSR count). The van der Waals surface area contributed by atoms with Gasteiger partial charge in [0.05, 0.1) is 5.39 Å². The first kappa shape index (κ1) is 17.6. The third kappa shape index (κ3) is 2.64. The molecule has 8 heteroatoms. The quantitative estimate of drug-likeness (QED) is 0.488. The summed E-state index contributed by atoms with van der Waals surface area (Å²) in [5.74, 6) is 0.692. The number of imide groups is 1. The Hall–Kier alpha value is -3.26. The maximum Gasteiger partial charge on any atom is 0.248 e. The summed E-state index contributed by atoms with van der Waals surface area (Å²) in [7, 11) is 0. The number of nitrogens with zero attached hydrogens (tertiary/aromatic N) is 3. The van der Waals surface area contributed by atoms with Crippen molar-refractivity contribution in [2.75, 3.05) is 5.43 Å². The van der Waals surface area contributed by atoms with E-state index in [1.54, 1.807) is 11.3 Å². The van der Waals surface area contributed by atoms with Crippen LogP contribution < -0.4 is 5.43 Å². The monoisotopic (exact) mass is 417 g/mol. The zero-order valence-corrected chi connectivity index (χ0v) is 17.0. The summed E-state index contributed by atoms with van der Waals surface area (Å²) in [5, 5.41) is 3.11. The molecular weight excluding hydrogens is 398 g/mol. The van der Waals surface area contributed by atoms with Gasteiger partial charge in [-0.1, -0.05) is 18.2 Å². The maximum atomic E-state index is 12.2. The number of hydrogen-bond donors (Lipinski definition) is 2. The van der Waals surface area contributed by atoms with Gasteiger partial charge in [0.1, 0.15) is 4.83 Å². The summed E-state index contributed by atoms with van der Waals surface area (Å²) in [4.78, 5) is 39.7. The summed E-state index contributed by atoms with van der Waals surface area (Å²) in [6.07, 6.45) is 6.70. The van der Waals surface area contributed by atoms with Gasteiger partial charge in [-0.3, -0.25) is 15.0 Å². The molecule has 1 fully saturated rings. The molecule has 30 heavy (non-hydrogen) atoms. The van der Waals surface area contributed by atoms with Crippen molar-refractivity contribution in [3.05, 3.63) is 40.9 Å². The Bertz CT molecular complexity index is 1320. The molecule has 0 bridgehead atoms. The fourth-order valence-corrected chi connectivity index (χ4v) is 5.68. The zero-order chi connectivity index (χ0) is 20.2. The van der Waals surface area contributed by atoms with Crippen molar-refractivity contribution in [1.29, 1.82) is 0 Å². The number of hydrazine groups is 1. The number of hydrogen-bond acceptors (Lipinski definition) is 6. The average molecular weight is 417 g/mol. The highest BCUT2D eigenvalue weighted by atomic mass is 32.1. The van der Waals surface area contributed by atoms with Crippen LogP contribution in [0.2, 0.25) is 0 Å². The van der Waals surface area contributed by atoms with Gasteiger partial charge in [-0.15, -0.1) is 11.3 Å². The van der Waals surface area contributed by atoms with Crippen LogP contribution in [0.1, 0.15) is 36.1 Å². The number of nitrogens with one attached hydrogen (secondary N) is 2. The number of rotatable bonds is 3. The molecule has 0 spiro atoms. The molecule has 2 aliphatic rings. The molecule has 0 atom stereocenters. The predicted octanol–water partition coefficient (Wildman–Crippen LogP) is 4.19. The number of anilines is 1. The number of aromatic nitrogens is 3. The lowest BCUT2D eigenvalue weighted by Gasteiger charge is -2.18. The Morgan fingerprint density at radius 2 is 1.80 bits per heavy atom. The highest BCUT2D eigenvalue weighted by Gasteiger charge is 2.31. The third-order valence-corrected chi connectivity index (χ3v) is 7.10. The molecule has 7 nitrogen and oxygen atoms in total. The van der Waals surface area contributed by atoms with Crippen molar-refractivity contribution in [3.63, 3.8) is 0 Å². The van der Waals surface area contributed by atoms with Crippen LogP contribution in [0.4, 0.5) is 5.82 Å². The highest BCUT2D eigenvalue weighted by molar-refractivity contribution is 7.19. The number of amides is 2. The molecule has 4 aromatic rings. The first-order valence-electron chi connectivity index (χ1n) is 10.2. The van der Waals surface area contributed by atoms with Crippen LogP contribution in [-0.4, -0.2) is 31.8 Å². The topological polar surface area (TPSA) is 91.0 Å². The van der Waals surface area contributed by atoms with E-state index in [9.17, 15) is 9.59 Å². The molecule has 1 aliphatic carbocycles. The standard InChI is InChI=1S/C22H19N5O2S/c28-17-9-10-18(29)27(17)26-21-19-13-6-2-4-8-16(13)30-22(19)25-20(24-21)14-11-23-15-7-3-1-5-12(14)15/h1,3,5,7,11,23H,2,4,6,8-10H2,(H,24,25,26). The molecule has 2 N–H and O–H groups in total. The SMILES string of the molecule is O=C1CCC(=O)N1Nc1nc(-c2c[nH]c3ccccc23)nc2sc3c(c12)CCCC3. The second-order valence-corrected chi connectivity index (χ2v) is 8.85. The minimum Gasteiger partial charge on any atom is -0.360 e. The van der Waals surface area contributed by atoms with Crippen LogP contribution in [0, 0.1) is 0 Å². The van der Waals surface area contributed by atoms with Gasteiger partial charge in [0, 0.05) is 40.4 Å². The lowest BCUT2D eigenvalue weighted by Crippen LogP contribution is -2.35. The smallest absolute Gasteiger partial charge is 0.248 e. The summed E-state index contributed by atoms with van der Waals surface area (Å²) < 4.78 is 0. The number of fused-ring (bicyclic) bond motifs is 4. The second kappa shape index (κ2) is 6.63. The molecule has 0 unspecified atom stereocenters. The Balaban J connectivity index is 1.57. The Kier molecular flexibility index (Phi) is 3.89. The lowest BCUT2D eigenvalue weighted by molar-refractivity contribution is -0.136. The minimum absolute atomic E-state index is 0.218. The van der Waals surface area contributed by atoms with Crippen molar-refractivity contribution < 1.29 is 9.59 Å². The van der Waals surface area contributed by atoms with E-state index in [4.69, 9.17) is 9.97 Å². The van der Waals surface area contributed by atoms with Crippen LogP contribution in [-0.2, 0) is 22.4 Å².